The van der Waals surface area contributed by atoms with Crippen LogP contribution in [0.3, 0.4) is 0 Å². The molecule has 2 fully saturated rings. The van der Waals surface area contributed by atoms with Crippen LogP contribution in [0.1, 0.15) is 44.1 Å². The third kappa shape index (κ3) is 3.98. The number of hydrogen-bond donors (Lipinski definition) is 2. The molecule has 0 unspecified atom stereocenters. The van der Waals surface area contributed by atoms with Gasteiger partial charge in [-0.3, -0.25) is 0 Å². The molecule has 0 atom stereocenters. The van der Waals surface area contributed by atoms with Gasteiger partial charge in [0.25, 0.3) is 0 Å². The predicted octanol–water partition coefficient (Wildman–Crippen LogP) is 3.34. The highest BCUT2D eigenvalue weighted by atomic mass is 32.2. The largest absolute Gasteiger partial charge is 0.389 e. The van der Waals surface area contributed by atoms with Gasteiger partial charge in [-0.15, -0.1) is 11.8 Å². The van der Waals surface area contributed by atoms with Crippen molar-refractivity contribution in [3.63, 3.8) is 0 Å². The molecule has 0 amide bonds. The van der Waals surface area contributed by atoms with Crippen LogP contribution in [0.15, 0.2) is 29.2 Å². The fraction of sp³-hybridized carbons (Fsp3) is 0.625. The maximum Gasteiger partial charge on any atom is 0.0741 e. The Kier molecular flexibility index (Phi) is 4.15. The zero-order chi connectivity index (χ0) is 13.1. The fourth-order valence-corrected chi connectivity index (χ4v) is 3.70. The minimum absolute atomic E-state index is 0.406. The molecule has 0 spiro atoms. The van der Waals surface area contributed by atoms with E-state index in [-0.39, 0.29) is 0 Å². The first-order valence-corrected chi connectivity index (χ1v) is 8.40. The van der Waals surface area contributed by atoms with Gasteiger partial charge >= 0.3 is 0 Å². The average Bonchev–Trinajstić information content (AvgIpc) is 3.17. The van der Waals surface area contributed by atoms with Gasteiger partial charge < -0.3 is 10.4 Å². The number of thioether (sulfide) groups is 1. The number of aliphatic hydroxyl groups is 1. The highest BCUT2D eigenvalue weighted by Crippen LogP contribution is 2.34. The molecule has 2 aliphatic rings. The fourth-order valence-electron chi connectivity index (χ4n) is 2.65. The molecule has 0 heterocycles. The van der Waals surface area contributed by atoms with Gasteiger partial charge in [0, 0.05) is 23.2 Å². The molecular weight excluding hydrogens is 254 g/mol. The summed E-state index contributed by atoms with van der Waals surface area (Å²) >= 11 is 1.79. The van der Waals surface area contributed by atoms with Crippen molar-refractivity contribution < 1.29 is 5.11 Å². The topological polar surface area (TPSA) is 32.3 Å². The summed E-state index contributed by atoms with van der Waals surface area (Å²) < 4.78 is 0. The quantitative estimate of drug-likeness (QED) is 0.782. The van der Waals surface area contributed by atoms with Crippen LogP contribution >= 0.6 is 11.8 Å². The van der Waals surface area contributed by atoms with Crippen molar-refractivity contribution in [2.45, 2.75) is 61.6 Å². The third-order valence-electron chi connectivity index (χ3n) is 4.14. The Morgan fingerprint density at radius 1 is 1.16 bits per heavy atom. The van der Waals surface area contributed by atoms with Crippen molar-refractivity contribution in [2.75, 3.05) is 5.75 Å². The molecule has 2 N–H and O–H groups in total. The Labute approximate surface area is 120 Å². The van der Waals surface area contributed by atoms with E-state index < -0.39 is 5.60 Å². The third-order valence-corrected chi connectivity index (χ3v) is 5.42. The Morgan fingerprint density at radius 3 is 2.47 bits per heavy atom. The lowest BCUT2D eigenvalue weighted by Crippen LogP contribution is -2.26. The average molecular weight is 277 g/mol. The lowest BCUT2D eigenvalue weighted by Gasteiger charge is -2.21. The maximum atomic E-state index is 10.3. The summed E-state index contributed by atoms with van der Waals surface area (Å²) in [6, 6.07) is 9.55. The Hall–Kier alpha value is -0.510. The molecule has 1 aromatic carbocycles. The molecule has 2 saturated carbocycles. The van der Waals surface area contributed by atoms with Crippen LogP contribution in [0, 0.1) is 0 Å². The highest BCUT2D eigenvalue weighted by molar-refractivity contribution is 7.99. The highest BCUT2D eigenvalue weighted by Gasteiger charge is 2.30. The first-order valence-electron chi connectivity index (χ1n) is 7.41. The van der Waals surface area contributed by atoms with Gasteiger partial charge in [-0.05, 0) is 43.4 Å². The minimum atomic E-state index is -0.406. The van der Waals surface area contributed by atoms with Gasteiger partial charge in [0.1, 0.15) is 0 Å². The van der Waals surface area contributed by atoms with Gasteiger partial charge in [-0.1, -0.05) is 25.0 Å². The lowest BCUT2D eigenvalue weighted by atomic mass is 10.1. The molecule has 3 heteroatoms. The first kappa shape index (κ1) is 13.5. The van der Waals surface area contributed by atoms with Crippen molar-refractivity contribution >= 4 is 11.8 Å². The molecule has 0 saturated heterocycles. The van der Waals surface area contributed by atoms with Gasteiger partial charge in [-0.2, -0.15) is 0 Å². The molecular formula is C16H23NOS. The SMILES string of the molecule is OC1(CSc2ccc(CNC3CC3)cc2)CCCC1. The van der Waals surface area contributed by atoms with Gasteiger partial charge in [0.15, 0.2) is 0 Å². The van der Waals surface area contributed by atoms with Crippen LogP contribution in [-0.2, 0) is 6.54 Å². The second kappa shape index (κ2) is 5.86. The van der Waals surface area contributed by atoms with Crippen molar-refractivity contribution in [3.05, 3.63) is 29.8 Å². The van der Waals surface area contributed by atoms with E-state index in [1.807, 2.05) is 0 Å². The van der Waals surface area contributed by atoms with Crippen LogP contribution in [0.25, 0.3) is 0 Å². The predicted molar refractivity (Wildman–Crippen MR) is 80.4 cm³/mol. The van der Waals surface area contributed by atoms with Gasteiger partial charge in [0.05, 0.1) is 5.60 Å². The van der Waals surface area contributed by atoms with Crippen molar-refractivity contribution in [3.8, 4) is 0 Å². The molecule has 2 nitrogen and oxygen atoms in total. The zero-order valence-electron chi connectivity index (χ0n) is 11.4. The van der Waals surface area contributed by atoms with E-state index in [1.165, 1.54) is 36.1 Å². The first-order chi connectivity index (χ1) is 9.23. The zero-order valence-corrected chi connectivity index (χ0v) is 12.2. The van der Waals surface area contributed by atoms with Crippen LogP contribution < -0.4 is 5.32 Å². The molecule has 0 radical (unpaired) electrons. The Bertz CT molecular complexity index is 407. The smallest absolute Gasteiger partial charge is 0.0741 e. The monoisotopic (exact) mass is 277 g/mol. The molecule has 0 aromatic heterocycles. The van der Waals surface area contributed by atoms with Crippen molar-refractivity contribution in [1.29, 1.82) is 0 Å². The van der Waals surface area contributed by atoms with E-state index in [4.69, 9.17) is 0 Å². The molecule has 104 valence electrons. The van der Waals surface area contributed by atoms with Gasteiger partial charge in [0.2, 0.25) is 0 Å². The second-order valence-corrected chi connectivity index (χ2v) is 7.07. The molecule has 1 aromatic rings. The maximum absolute atomic E-state index is 10.3. The van der Waals surface area contributed by atoms with Crippen molar-refractivity contribution in [1.82, 2.24) is 5.32 Å². The number of benzene rings is 1. The van der Waals surface area contributed by atoms with E-state index in [1.54, 1.807) is 11.8 Å². The standard InChI is InChI=1S/C16H23NOS/c18-16(9-1-2-10-16)12-19-15-7-3-13(4-8-15)11-17-14-5-6-14/h3-4,7-8,14,17-18H,1-2,5-6,9-12H2. The number of rotatable bonds is 6. The van der Waals surface area contributed by atoms with E-state index in [0.717, 1.165) is 31.2 Å². The molecule has 0 aliphatic heterocycles. The molecule has 0 bridgehead atoms. The summed E-state index contributed by atoms with van der Waals surface area (Å²) in [5.74, 6) is 0.840. The van der Waals surface area contributed by atoms with Crippen LogP contribution in [0.5, 0.6) is 0 Å². The van der Waals surface area contributed by atoms with Crippen molar-refractivity contribution in [2.24, 2.45) is 0 Å². The summed E-state index contributed by atoms with van der Waals surface area (Å²) in [6.07, 6.45) is 7.00. The number of nitrogens with one attached hydrogen (secondary N) is 1. The number of hydrogen-bond acceptors (Lipinski definition) is 3. The summed E-state index contributed by atoms with van der Waals surface area (Å²) in [4.78, 5) is 1.27. The van der Waals surface area contributed by atoms with Crippen LogP contribution in [0.4, 0.5) is 0 Å². The van der Waals surface area contributed by atoms with Crippen LogP contribution in [-0.4, -0.2) is 22.5 Å². The summed E-state index contributed by atoms with van der Waals surface area (Å²) in [5.41, 5.74) is 0.951. The minimum Gasteiger partial charge on any atom is -0.389 e. The molecule has 3 rings (SSSR count). The van der Waals surface area contributed by atoms with E-state index in [0.29, 0.717) is 0 Å². The lowest BCUT2D eigenvalue weighted by molar-refractivity contribution is 0.0732. The Balaban J connectivity index is 1.47. The normalized spacial score (nSPS) is 21.7. The Morgan fingerprint density at radius 2 is 1.84 bits per heavy atom. The van der Waals surface area contributed by atoms with E-state index in [9.17, 15) is 5.11 Å². The summed E-state index contributed by atoms with van der Waals surface area (Å²) in [6.45, 7) is 0.986. The van der Waals surface area contributed by atoms with Gasteiger partial charge in [-0.25, -0.2) is 0 Å². The summed E-state index contributed by atoms with van der Waals surface area (Å²) in [7, 11) is 0. The van der Waals surface area contributed by atoms with E-state index >= 15 is 0 Å². The molecule has 19 heavy (non-hydrogen) atoms. The molecule has 2 aliphatic carbocycles. The summed E-state index contributed by atoms with van der Waals surface area (Å²) in [5, 5.41) is 13.9. The second-order valence-electron chi connectivity index (χ2n) is 6.02. The van der Waals surface area contributed by atoms with Crippen LogP contribution in [0.2, 0.25) is 0 Å². The van der Waals surface area contributed by atoms with E-state index in [2.05, 4.69) is 29.6 Å².